The van der Waals surface area contributed by atoms with E-state index in [0.29, 0.717) is 6.54 Å². The SMILES string of the molecule is CCCNC(C)(Cn1cnc2cc(C)c(C)cc21)C(N)=O. The summed E-state index contributed by atoms with van der Waals surface area (Å²) < 4.78 is 2.00. The van der Waals surface area contributed by atoms with E-state index in [1.807, 2.05) is 11.5 Å². The Morgan fingerprint density at radius 2 is 2.05 bits per heavy atom. The van der Waals surface area contributed by atoms with Gasteiger partial charge in [-0.1, -0.05) is 6.92 Å². The second-order valence-corrected chi connectivity index (χ2v) is 5.92. The predicted octanol–water partition coefficient (Wildman–Crippen LogP) is 1.90. The van der Waals surface area contributed by atoms with Gasteiger partial charge in [-0.2, -0.15) is 0 Å². The number of rotatable bonds is 6. The van der Waals surface area contributed by atoms with Crippen molar-refractivity contribution >= 4 is 16.9 Å². The molecule has 5 heteroatoms. The summed E-state index contributed by atoms with van der Waals surface area (Å²) in [5.41, 5.74) is 9.22. The highest BCUT2D eigenvalue weighted by Crippen LogP contribution is 2.20. The first-order valence-corrected chi connectivity index (χ1v) is 7.34. The highest BCUT2D eigenvalue weighted by atomic mass is 16.1. The quantitative estimate of drug-likeness (QED) is 0.852. The van der Waals surface area contributed by atoms with Crippen LogP contribution in [0.2, 0.25) is 0 Å². The Kier molecular flexibility index (Phi) is 4.32. The van der Waals surface area contributed by atoms with E-state index in [2.05, 4.69) is 43.2 Å². The third kappa shape index (κ3) is 3.08. The van der Waals surface area contributed by atoms with E-state index in [-0.39, 0.29) is 5.91 Å². The number of aryl methyl sites for hydroxylation is 2. The number of primary amides is 1. The van der Waals surface area contributed by atoms with Crippen LogP contribution in [0.25, 0.3) is 11.0 Å². The molecule has 0 aliphatic heterocycles. The van der Waals surface area contributed by atoms with Crippen LogP contribution in [0.3, 0.4) is 0 Å². The Balaban J connectivity index is 2.37. The van der Waals surface area contributed by atoms with Gasteiger partial charge in [0.2, 0.25) is 5.91 Å². The summed E-state index contributed by atoms with van der Waals surface area (Å²) in [6.45, 7) is 9.29. The van der Waals surface area contributed by atoms with Crippen molar-refractivity contribution in [3.8, 4) is 0 Å². The molecule has 0 fully saturated rings. The average molecular weight is 288 g/mol. The lowest BCUT2D eigenvalue weighted by atomic mass is 10.0. The first-order chi connectivity index (χ1) is 9.87. The lowest BCUT2D eigenvalue weighted by Crippen LogP contribution is -2.56. The summed E-state index contributed by atoms with van der Waals surface area (Å²) in [5.74, 6) is -0.346. The largest absolute Gasteiger partial charge is 0.368 e. The fraction of sp³-hybridized carbons (Fsp3) is 0.500. The molecule has 1 unspecified atom stereocenters. The topological polar surface area (TPSA) is 72.9 Å². The van der Waals surface area contributed by atoms with Crippen molar-refractivity contribution in [2.45, 2.75) is 46.2 Å². The summed E-state index contributed by atoms with van der Waals surface area (Å²) in [6, 6.07) is 4.18. The molecule has 0 aliphatic rings. The molecule has 0 saturated heterocycles. The molecule has 0 saturated carbocycles. The standard InChI is InChI=1S/C16H24N4O/c1-5-6-19-16(4,15(17)21)9-20-10-18-13-7-11(2)12(3)8-14(13)20/h7-8,10,19H,5-6,9H2,1-4H3,(H2,17,21). The number of nitrogens with two attached hydrogens (primary N) is 1. The average Bonchev–Trinajstić information content (AvgIpc) is 2.79. The normalized spacial score (nSPS) is 14.3. The molecule has 1 aromatic heterocycles. The first-order valence-electron chi connectivity index (χ1n) is 7.34. The van der Waals surface area contributed by atoms with Crippen LogP contribution in [0.15, 0.2) is 18.5 Å². The molecular formula is C16H24N4O. The van der Waals surface area contributed by atoms with Gasteiger partial charge >= 0.3 is 0 Å². The van der Waals surface area contributed by atoms with E-state index >= 15 is 0 Å². The van der Waals surface area contributed by atoms with Gasteiger partial charge in [-0.05, 0) is 57.0 Å². The number of carbonyl (C=O) groups is 1. The molecule has 21 heavy (non-hydrogen) atoms. The van der Waals surface area contributed by atoms with Gasteiger partial charge in [0.1, 0.15) is 5.54 Å². The van der Waals surface area contributed by atoms with Crippen LogP contribution in [0.1, 0.15) is 31.4 Å². The molecule has 2 aromatic rings. The van der Waals surface area contributed by atoms with E-state index in [1.54, 1.807) is 6.33 Å². The monoisotopic (exact) mass is 288 g/mol. The zero-order valence-electron chi connectivity index (χ0n) is 13.2. The summed E-state index contributed by atoms with van der Waals surface area (Å²) in [5, 5.41) is 3.25. The van der Waals surface area contributed by atoms with Crippen molar-refractivity contribution in [3.05, 3.63) is 29.6 Å². The number of aromatic nitrogens is 2. The zero-order chi connectivity index (χ0) is 15.6. The molecular weight excluding hydrogens is 264 g/mol. The van der Waals surface area contributed by atoms with Gasteiger partial charge in [0.15, 0.2) is 0 Å². The van der Waals surface area contributed by atoms with Gasteiger partial charge in [0, 0.05) is 0 Å². The van der Waals surface area contributed by atoms with Crippen LogP contribution in [-0.2, 0) is 11.3 Å². The number of imidazole rings is 1. The maximum Gasteiger partial charge on any atom is 0.239 e. The Hall–Kier alpha value is -1.88. The van der Waals surface area contributed by atoms with Gasteiger partial charge < -0.3 is 15.6 Å². The molecule has 1 amide bonds. The highest BCUT2D eigenvalue weighted by molar-refractivity contribution is 5.84. The van der Waals surface area contributed by atoms with Gasteiger partial charge in [-0.15, -0.1) is 0 Å². The van der Waals surface area contributed by atoms with Crippen molar-refractivity contribution in [3.63, 3.8) is 0 Å². The van der Waals surface area contributed by atoms with E-state index in [4.69, 9.17) is 5.73 Å². The Morgan fingerprint density at radius 3 is 2.67 bits per heavy atom. The second kappa shape index (κ2) is 5.85. The zero-order valence-corrected chi connectivity index (χ0v) is 13.2. The minimum Gasteiger partial charge on any atom is -0.368 e. The smallest absolute Gasteiger partial charge is 0.239 e. The number of hydrogen-bond donors (Lipinski definition) is 2. The number of amides is 1. The predicted molar refractivity (Wildman–Crippen MR) is 85.1 cm³/mol. The fourth-order valence-corrected chi connectivity index (χ4v) is 2.40. The molecule has 5 nitrogen and oxygen atoms in total. The molecule has 0 radical (unpaired) electrons. The number of fused-ring (bicyclic) bond motifs is 1. The highest BCUT2D eigenvalue weighted by Gasteiger charge is 2.31. The number of nitrogens with one attached hydrogen (secondary N) is 1. The first kappa shape index (κ1) is 15.5. The van der Waals surface area contributed by atoms with Crippen LogP contribution in [-0.4, -0.2) is 27.5 Å². The van der Waals surface area contributed by atoms with Crippen molar-refractivity contribution < 1.29 is 4.79 Å². The molecule has 0 bridgehead atoms. The Morgan fingerprint density at radius 1 is 1.38 bits per heavy atom. The van der Waals surface area contributed by atoms with E-state index < -0.39 is 5.54 Å². The van der Waals surface area contributed by atoms with Crippen molar-refractivity contribution in [1.29, 1.82) is 0 Å². The van der Waals surface area contributed by atoms with Gasteiger partial charge in [0.05, 0.1) is 23.9 Å². The van der Waals surface area contributed by atoms with Crippen LogP contribution in [0.4, 0.5) is 0 Å². The molecule has 1 aromatic carbocycles. The van der Waals surface area contributed by atoms with Gasteiger partial charge in [0.25, 0.3) is 0 Å². The molecule has 1 heterocycles. The van der Waals surface area contributed by atoms with Crippen molar-refractivity contribution in [2.75, 3.05) is 6.54 Å². The molecule has 114 valence electrons. The van der Waals surface area contributed by atoms with Crippen LogP contribution in [0.5, 0.6) is 0 Å². The van der Waals surface area contributed by atoms with Crippen LogP contribution < -0.4 is 11.1 Å². The lowest BCUT2D eigenvalue weighted by molar-refractivity contribution is -0.124. The Bertz CT molecular complexity index is 662. The van der Waals surface area contributed by atoms with Crippen LogP contribution >= 0.6 is 0 Å². The third-order valence-corrected chi connectivity index (χ3v) is 4.03. The molecule has 2 rings (SSSR count). The number of nitrogens with zero attached hydrogens (tertiary/aromatic N) is 2. The number of carbonyl (C=O) groups excluding carboxylic acids is 1. The maximum absolute atomic E-state index is 11.8. The van der Waals surface area contributed by atoms with Crippen LogP contribution in [0, 0.1) is 13.8 Å². The minimum absolute atomic E-state index is 0.346. The Labute approximate surface area is 125 Å². The number of benzene rings is 1. The lowest BCUT2D eigenvalue weighted by Gasteiger charge is -2.28. The van der Waals surface area contributed by atoms with E-state index in [1.165, 1.54) is 11.1 Å². The fourth-order valence-electron chi connectivity index (χ4n) is 2.40. The molecule has 0 spiro atoms. The van der Waals surface area contributed by atoms with Gasteiger partial charge in [-0.3, -0.25) is 4.79 Å². The molecule has 3 N–H and O–H groups in total. The molecule has 0 aliphatic carbocycles. The van der Waals surface area contributed by atoms with Gasteiger partial charge in [-0.25, -0.2) is 4.98 Å². The van der Waals surface area contributed by atoms with Crippen molar-refractivity contribution in [2.24, 2.45) is 5.73 Å². The minimum atomic E-state index is -0.775. The third-order valence-electron chi connectivity index (χ3n) is 4.03. The number of hydrogen-bond acceptors (Lipinski definition) is 3. The summed E-state index contributed by atoms with van der Waals surface area (Å²) >= 11 is 0. The summed E-state index contributed by atoms with van der Waals surface area (Å²) in [4.78, 5) is 16.3. The second-order valence-electron chi connectivity index (χ2n) is 5.92. The van der Waals surface area contributed by atoms with Crippen molar-refractivity contribution in [1.82, 2.24) is 14.9 Å². The molecule has 1 atom stereocenters. The van der Waals surface area contributed by atoms with E-state index in [0.717, 1.165) is 24.0 Å². The van der Waals surface area contributed by atoms with E-state index in [9.17, 15) is 4.79 Å². The maximum atomic E-state index is 11.8. The summed E-state index contributed by atoms with van der Waals surface area (Å²) in [6.07, 6.45) is 2.73. The summed E-state index contributed by atoms with van der Waals surface area (Å²) in [7, 11) is 0.